The molecule has 1 aromatic carbocycles. The zero-order valence-corrected chi connectivity index (χ0v) is 15.8. The molecule has 0 amide bonds. The molecule has 0 aliphatic heterocycles. The molecule has 9 nitrogen and oxygen atoms in total. The minimum Gasteiger partial charge on any atom is -0.475 e. The van der Waals surface area contributed by atoms with Gasteiger partial charge in [0.05, 0.1) is 0 Å². The van der Waals surface area contributed by atoms with Crippen LogP contribution in [0.2, 0.25) is 0 Å². The van der Waals surface area contributed by atoms with Gasteiger partial charge < -0.3 is 4.74 Å². The number of hydrogen-bond donors (Lipinski definition) is 1. The molecular formula is C18H15FN6O3S. The van der Waals surface area contributed by atoms with Gasteiger partial charge in [-0.2, -0.15) is 4.52 Å². The molecule has 11 heteroatoms. The lowest BCUT2D eigenvalue weighted by Crippen LogP contribution is -2.28. The zero-order chi connectivity index (χ0) is 20.3. The Morgan fingerprint density at radius 3 is 2.79 bits per heavy atom. The van der Waals surface area contributed by atoms with Crippen molar-refractivity contribution >= 4 is 15.7 Å². The molecule has 0 fully saturated rings. The molecule has 0 aliphatic carbocycles. The number of fused-ring (bicyclic) bond motifs is 1. The highest BCUT2D eigenvalue weighted by atomic mass is 32.2. The minimum atomic E-state index is -3.66. The van der Waals surface area contributed by atoms with Crippen LogP contribution in [0.15, 0.2) is 65.8 Å². The summed E-state index contributed by atoms with van der Waals surface area (Å²) in [5.74, 6) is 0.213. The molecule has 0 spiro atoms. The summed E-state index contributed by atoms with van der Waals surface area (Å²) in [5.41, 5.74) is 0.986. The number of nitrogens with one attached hydrogen (secondary N) is 1. The van der Waals surface area contributed by atoms with Gasteiger partial charge in [0, 0.05) is 30.6 Å². The van der Waals surface area contributed by atoms with E-state index in [9.17, 15) is 12.8 Å². The van der Waals surface area contributed by atoms with E-state index >= 15 is 0 Å². The maximum absolute atomic E-state index is 13.5. The van der Waals surface area contributed by atoms with Gasteiger partial charge in [0.2, 0.25) is 15.9 Å². The summed E-state index contributed by atoms with van der Waals surface area (Å²) in [6, 6.07) is 12.2. The van der Waals surface area contributed by atoms with Gasteiger partial charge in [-0.05, 0) is 30.3 Å². The third kappa shape index (κ3) is 4.20. The highest BCUT2D eigenvalue weighted by Crippen LogP contribution is 2.19. The Balaban J connectivity index is 1.44. The van der Waals surface area contributed by atoms with Gasteiger partial charge in [0.15, 0.2) is 11.5 Å². The summed E-state index contributed by atoms with van der Waals surface area (Å²) < 4.78 is 47.2. The molecule has 3 heterocycles. The Kier molecular flexibility index (Phi) is 5.14. The van der Waals surface area contributed by atoms with E-state index < -0.39 is 15.8 Å². The monoisotopic (exact) mass is 414 g/mol. The van der Waals surface area contributed by atoms with Gasteiger partial charge >= 0.3 is 0 Å². The van der Waals surface area contributed by atoms with Gasteiger partial charge in [-0.3, -0.25) is 4.98 Å². The molecule has 3 aromatic heterocycles. The van der Waals surface area contributed by atoms with Crippen LogP contribution in [0, 0.1) is 5.82 Å². The van der Waals surface area contributed by atoms with E-state index in [1.165, 1.54) is 35.1 Å². The van der Waals surface area contributed by atoms with Crippen LogP contribution < -0.4 is 9.46 Å². The van der Waals surface area contributed by atoms with Gasteiger partial charge in [0.1, 0.15) is 17.3 Å². The zero-order valence-electron chi connectivity index (χ0n) is 14.9. The maximum atomic E-state index is 13.5. The molecule has 1 N–H and O–H groups in total. The second kappa shape index (κ2) is 7.89. The SMILES string of the molecule is O=S(=O)(NCCOc1ccc2nnc(-c3cccc(F)c3)n2n1)c1cccnc1. The number of rotatable bonds is 7. The molecule has 148 valence electrons. The molecule has 0 unspecified atom stereocenters. The predicted octanol–water partition coefficient (Wildman–Crippen LogP) is 1.68. The average Bonchev–Trinajstić information content (AvgIpc) is 3.15. The number of hydrogen-bond acceptors (Lipinski definition) is 7. The molecule has 0 radical (unpaired) electrons. The summed E-state index contributed by atoms with van der Waals surface area (Å²) in [5, 5.41) is 12.3. The van der Waals surface area contributed by atoms with Crippen LogP contribution in [0.25, 0.3) is 17.0 Å². The van der Waals surface area contributed by atoms with Crippen LogP contribution in [-0.2, 0) is 10.0 Å². The maximum Gasteiger partial charge on any atom is 0.242 e. The second-order valence-corrected chi connectivity index (χ2v) is 7.68. The van der Waals surface area contributed by atoms with Crippen molar-refractivity contribution in [1.82, 2.24) is 29.5 Å². The molecule has 0 saturated carbocycles. The van der Waals surface area contributed by atoms with Crippen LogP contribution in [0.5, 0.6) is 5.88 Å². The normalized spacial score (nSPS) is 11.6. The summed E-state index contributed by atoms with van der Waals surface area (Å²) in [7, 11) is -3.66. The van der Waals surface area contributed by atoms with E-state index in [4.69, 9.17) is 4.74 Å². The van der Waals surface area contributed by atoms with Crippen LogP contribution in [0.3, 0.4) is 0 Å². The number of sulfonamides is 1. The Labute approximate surface area is 165 Å². The van der Waals surface area contributed by atoms with E-state index in [1.807, 2.05) is 0 Å². The van der Waals surface area contributed by atoms with E-state index in [1.54, 1.807) is 30.3 Å². The molecule has 29 heavy (non-hydrogen) atoms. The highest BCUT2D eigenvalue weighted by Gasteiger charge is 2.14. The predicted molar refractivity (Wildman–Crippen MR) is 101 cm³/mol. The fraction of sp³-hybridized carbons (Fsp3) is 0.111. The average molecular weight is 414 g/mol. The lowest BCUT2D eigenvalue weighted by molar-refractivity contribution is 0.306. The van der Waals surface area contributed by atoms with E-state index in [0.29, 0.717) is 17.0 Å². The van der Waals surface area contributed by atoms with E-state index in [0.717, 1.165) is 0 Å². The standard InChI is InChI=1S/C18H15FN6O3S/c19-14-4-1-3-13(11-14)18-23-22-16-6-7-17(24-25(16)18)28-10-9-21-29(26,27)15-5-2-8-20-12-15/h1-8,11-12,21H,9-10H2. The Hall–Kier alpha value is -3.44. The van der Waals surface area contributed by atoms with Crippen molar-refractivity contribution in [2.75, 3.05) is 13.2 Å². The second-order valence-electron chi connectivity index (χ2n) is 5.91. The smallest absolute Gasteiger partial charge is 0.242 e. The van der Waals surface area contributed by atoms with Crippen molar-refractivity contribution in [3.05, 3.63) is 66.7 Å². The van der Waals surface area contributed by atoms with Crippen molar-refractivity contribution in [2.45, 2.75) is 4.90 Å². The quantitative estimate of drug-likeness (QED) is 0.458. The van der Waals surface area contributed by atoms with Crippen LogP contribution in [0.1, 0.15) is 0 Å². The third-order valence-electron chi connectivity index (χ3n) is 3.91. The lowest BCUT2D eigenvalue weighted by Gasteiger charge is -2.08. The number of benzene rings is 1. The Morgan fingerprint density at radius 1 is 1.10 bits per heavy atom. The largest absolute Gasteiger partial charge is 0.475 e. The van der Waals surface area contributed by atoms with E-state index in [2.05, 4.69) is 25.0 Å². The van der Waals surface area contributed by atoms with Crippen molar-refractivity contribution in [2.24, 2.45) is 0 Å². The van der Waals surface area contributed by atoms with Crippen LogP contribution >= 0.6 is 0 Å². The summed E-state index contributed by atoms with van der Waals surface area (Å²) >= 11 is 0. The van der Waals surface area contributed by atoms with Crippen molar-refractivity contribution in [1.29, 1.82) is 0 Å². The first kappa shape index (κ1) is 18.9. The molecule has 4 aromatic rings. The fourth-order valence-corrected chi connectivity index (χ4v) is 3.55. The summed E-state index contributed by atoms with van der Waals surface area (Å²) in [6.07, 6.45) is 2.76. The fourth-order valence-electron chi connectivity index (χ4n) is 2.58. The Bertz CT molecular complexity index is 1250. The summed E-state index contributed by atoms with van der Waals surface area (Å²) in [6.45, 7) is 0.0886. The number of ether oxygens (including phenoxy) is 1. The van der Waals surface area contributed by atoms with Gasteiger partial charge in [-0.25, -0.2) is 17.5 Å². The lowest BCUT2D eigenvalue weighted by atomic mass is 10.2. The first-order chi connectivity index (χ1) is 14.0. The van der Waals surface area contributed by atoms with Gasteiger partial charge in [-0.1, -0.05) is 12.1 Å². The van der Waals surface area contributed by atoms with E-state index in [-0.39, 0.29) is 23.9 Å². The van der Waals surface area contributed by atoms with Gasteiger partial charge in [-0.15, -0.1) is 15.3 Å². The first-order valence-corrected chi connectivity index (χ1v) is 10.0. The number of halogens is 1. The molecule has 0 saturated heterocycles. The molecular weight excluding hydrogens is 399 g/mol. The number of pyridine rings is 1. The number of nitrogens with zero attached hydrogens (tertiary/aromatic N) is 5. The highest BCUT2D eigenvalue weighted by molar-refractivity contribution is 7.89. The first-order valence-electron chi connectivity index (χ1n) is 8.54. The van der Waals surface area contributed by atoms with Crippen LogP contribution in [-0.4, -0.2) is 46.4 Å². The van der Waals surface area contributed by atoms with Crippen molar-refractivity contribution in [3.8, 4) is 17.3 Å². The van der Waals surface area contributed by atoms with Crippen molar-refractivity contribution in [3.63, 3.8) is 0 Å². The summed E-state index contributed by atoms with van der Waals surface area (Å²) in [4.78, 5) is 3.86. The molecule has 0 atom stereocenters. The molecule has 0 aliphatic rings. The Morgan fingerprint density at radius 2 is 2.00 bits per heavy atom. The minimum absolute atomic E-state index is 0.0376. The van der Waals surface area contributed by atoms with Crippen molar-refractivity contribution < 1.29 is 17.5 Å². The molecule has 0 bridgehead atoms. The topological polar surface area (TPSA) is 111 Å². The molecule has 4 rings (SSSR count). The third-order valence-corrected chi connectivity index (χ3v) is 5.36. The van der Waals surface area contributed by atoms with Crippen LogP contribution in [0.4, 0.5) is 4.39 Å². The van der Waals surface area contributed by atoms with Gasteiger partial charge in [0.25, 0.3) is 0 Å². The number of aromatic nitrogens is 5.